The predicted octanol–water partition coefficient (Wildman–Crippen LogP) is 2.66. The summed E-state index contributed by atoms with van der Waals surface area (Å²) in [4.78, 5) is 16.6. The summed E-state index contributed by atoms with van der Waals surface area (Å²) < 4.78 is 7.10. The maximum atomic E-state index is 10.9. The van der Waals surface area contributed by atoms with Crippen LogP contribution in [0.2, 0.25) is 0 Å². The number of hydrogen-bond acceptors (Lipinski definition) is 4. The molecule has 0 aliphatic heterocycles. The summed E-state index contributed by atoms with van der Waals surface area (Å²) in [5, 5.41) is 8.90. The molecule has 0 saturated carbocycles. The number of aryl methyl sites for hydroxylation is 1. The smallest absolute Gasteiger partial charge is 0.356 e. The van der Waals surface area contributed by atoms with E-state index in [2.05, 4.69) is 4.98 Å². The van der Waals surface area contributed by atoms with Gasteiger partial charge in [0, 0.05) is 11.1 Å². The van der Waals surface area contributed by atoms with Crippen molar-refractivity contribution in [1.29, 1.82) is 0 Å². The van der Waals surface area contributed by atoms with Gasteiger partial charge in [-0.2, -0.15) is 0 Å². The molecule has 3 rings (SSSR count). The molecule has 86 valence electrons. The quantitative estimate of drug-likeness (QED) is 0.757. The predicted molar refractivity (Wildman–Crippen MR) is 62.5 cm³/mol. The van der Waals surface area contributed by atoms with Gasteiger partial charge in [0.1, 0.15) is 5.69 Å². The Hall–Kier alpha value is -2.08. The Labute approximate surface area is 99.9 Å². The van der Waals surface area contributed by atoms with Crippen LogP contribution < -0.4 is 0 Å². The Morgan fingerprint density at radius 1 is 1.59 bits per heavy atom. The number of carboxylic acids is 1. The first-order valence-corrected chi connectivity index (χ1v) is 5.74. The lowest BCUT2D eigenvalue weighted by Gasteiger charge is -1.95. The van der Waals surface area contributed by atoms with Gasteiger partial charge in [-0.3, -0.25) is 4.40 Å². The Balaban J connectivity index is 2.29. The van der Waals surface area contributed by atoms with Gasteiger partial charge in [-0.1, -0.05) is 0 Å². The Morgan fingerprint density at radius 2 is 2.41 bits per heavy atom. The normalized spacial score (nSPS) is 11.1. The van der Waals surface area contributed by atoms with Gasteiger partial charge < -0.3 is 9.52 Å². The third-order valence-corrected chi connectivity index (χ3v) is 3.44. The Bertz CT molecular complexity index is 694. The second-order valence-electron chi connectivity index (χ2n) is 3.57. The molecule has 0 fully saturated rings. The zero-order valence-electron chi connectivity index (χ0n) is 8.88. The topological polar surface area (TPSA) is 67.7 Å². The lowest BCUT2D eigenvalue weighted by Crippen LogP contribution is -1.95. The zero-order chi connectivity index (χ0) is 12.0. The van der Waals surface area contributed by atoms with Crippen LogP contribution >= 0.6 is 11.3 Å². The first-order valence-electron chi connectivity index (χ1n) is 4.92. The molecule has 5 nitrogen and oxygen atoms in total. The molecule has 3 heterocycles. The highest BCUT2D eigenvalue weighted by molar-refractivity contribution is 7.17. The van der Waals surface area contributed by atoms with E-state index in [0.29, 0.717) is 10.7 Å². The van der Waals surface area contributed by atoms with Gasteiger partial charge in [0.25, 0.3) is 0 Å². The SMILES string of the molecule is Cc1sc2nc(C(=O)O)cn2c1-c1ccco1. The van der Waals surface area contributed by atoms with Crippen molar-refractivity contribution in [1.82, 2.24) is 9.38 Å². The monoisotopic (exact) mass is 248 g/mol. The van der Waals surface area contributed by atoms with E-state index in [4.69, 9.17) is 9.52 Å². The summed E-state index contributed by atoms with van der Waals surface area (Å²) in [6.45, 7) is 1.96. The van der Waals surface area contributed by atoms with Gasteiger partial charge in [0.15, 0.2) is 16.4 Å². The van der Waals surface area contributed by atoms with E-state index < -0.39 is 5.97 Å². The standard InChI is InChI=1S/C11H8N2O3S/c1-6-9(8-3-2-4-16-8)13-5-7(10(14)15)12-11(13)17-6/h2-5H,1H3,(H,14,15). The van der Waals surface area contributed by atoms with Crippen molar-refractivity contribution in [3.05, 3.63) is 35.2 Å². The maximum Gasteiger partial charge on any atom is 0.356 e. The summed E-state index contributed by atoms with van der Waals surface area (Å²) in [6.07, 6.45) is 3.10. The molecular weight excluding hydrogens is 240 g/mol. The van der Waals surface area contributed by atoms with E-state index in [-0.39, 0.29) is 5.69 Å². The van der Waals surface area contributed by atoms with Crippen LogP contribution in [0.3, 0.4) is 0 Å². The van der Waals surface area contributed by atoms with Crippen LogP contribution in [0.25, 0.3) is 16.4 Å². The lowest BCUT2D eigenvalue weighted by atomic mass is 10.3. The van der Waals surface area contributed by atoms with Crippen molar-refractivity contribution >= 4 is 22.3 Å². The van der Waals surface area contributed by atoms with Crippen LogP contribution in [0.1, 0.15) is 15.4 Å². The molecule has 0 aromatic carbocycles. The molecular formula is C11H8N2O3S. The highest BCUT2D eigenvalue weighted by atomic mass is 32.1. The lowest BCUT2D eigenvalue weighted by molar-refractivity contribution is 0.0691. The number of rotatable bonds is 2. The molecule has 1 N–H and O–H groups in total. The number of furan rings is 1. The highest BCUT2D eigenvalue weighted by Gasteiger charge is 2.17. The Morgan fingerprint density at radius 3 is 3.06 bits per heavy atom. The van der Waals surface area contributed by atoms with E-state index in [1.165, 1.54) is 17.5 Å². The molecule has 0 saturated heterocycles. The fourth-order valence-corrected chi connectivity index (χ4v) is 2.71. The third kappa shape index (κ3) is 1.45. The summed E-state index contributed by atoms with van der Waals surface area (Å²) >= 11 is 1.44. The molecule has 0 aliphatic rings. The summed E-state index contributed by atoms with van der Waals surface area (Å²) in [5.74, 6) is -0.313. The number of aromatic carboxylic acids is 1. The molecule has 0 aliphatic carbocycles. The minimum absolute atomic E-state index is 0.0454. The van der Waals surface area contributed by atoms with Crippen molar-refractivity contribution in [3.8, 4) is 11.5 Å². The van der Waals surface area contributed by atoms with E-state index in [1.807, 2.05) is 13.0 Å². The van der Waals surface area contributed by atoms with Crippen LogP contribution in [-0.4, -0.2) is 20.5 Å². The molecule has 3 aromatic rings. The Kier molecular flexibility index (Phi) is 2.05. The van der Waals surface area contributed by atoms with Gasteiger partial charge in [0.2, 0.25) is 0 Å². The van der Waals surface area contributed by atoms with E-state index >= 15 is 0 Å². The van der Waals surface area contributed by atoms with Gasteiger partial charge in [-0.15, -0.1) is 11.3 Å². The number of nitrogens with zero attached hydrogens (tertiary/aromatic N) is 2. The zero-order valence-corrected chi connectivity index (χ0v) is 9.69. The minimum Gasteiger partial charge on any atom is -0.476 e. The molecule has 6 heteroatoms. The fourth-order valence-electron chi connectivity index (χ4n) is 1.76. The van der Waals surface area contributed by atoms with Gasteiger partial charge in [0.05, 0.1) is 6.26 Å². The van der Waals surface area contributed by atoms with Gasteiger partial charge in [-0.25, -0.2) is 9.78 Å². The molecule has 0 bridgehead atoms. The van der Waals surface area contributed by atoms with E-state index in [1.54, 1.807) is 16.7 Å². The van der Waals surface area contributed by atoms with Crippen LogP contribution in [0, 0.1) is 6.92 Å². The molecule has 17 heavy (non-hydrogen) atoms. The summed E-state index contributed by atoms with van der Waals surface area (Å²) in [6, 6.07) is 3.64. The molecule has 0 unspecified atom stereocenters. The van der Waals surface area contributed by atoms with Crippen molar-refractivity contribution in [2.24, 2.45) is 0 Å². The summed E-state index contributed by atoms with van der Waals surface area (Å²) in [5.41, 5.74) is 0.902. The van der Waals surface area contributed by atoms with Crippen molar-refractivity contribution in [2.75, 3.05) is 0 Å². The van der Waals surface area contributed by atoms with Crippen LogP contribution in [0.5, 0.6) is 0 Å². The van der Waals surface area contributed by atoms with Crippen molar-refractivity contribution < 1.29 is 14.3 Å². The second kappa shape index (κ2) is 3.46. The largest absolute Gasteiger partial charge is 0.476 e. The first-order chi connectivity index (χ1) is 8.16. The molecule has 0 atom stereocenters. The molecule has 0 spiro atoms. The number of fused-ring (bicyclic) bond motifs is 1. The fraction of sp³-hybridized carbons (Fsp3) is 0.0909. The van der Waals surface area contributed by atoms with Crippen LogP contribution in [-0.2, 0) is 0 Å². The second-order valence-corrected chi connectivity index (χ2v) is 4.75. The molecule has 0 amide bonds. The van der Waals surface area contributed by atoms with Crippen molar-refractivity contribution in [3.63, 3.8) is 0 Å². The van der Waals surface area contributed by atoms with E-state index in [9.17, 15) is 4.79 Å². The van der Waals surface area contributed by atoms with Gasteiger partial charge >= 0.3 is 5.97 Å². The highest BCUT2D eigenvalue weighted by Crippen LogP contribution is 2.31. The average molecular weight is 248 g/mol. The minimum atomic E-state index is -1.02. The van der Waals surface area contributed by atoms with Crippen LogP contribution in [0.15, 0.2) is 29.0 Å². The first kappa shape index (κ1) is 10.1. The number of carbonyl (C=O) groups is 1. The number of aromatic nitrogens is 2. The van der Waals surface area contributed by atoms with Crippen LogP contribution in [0.4, 0.5) is 0 Å². The number of carboxylic acid groups (broad SMARTS) is 1. The molecule has 3 aromatic heterocycles. The third-order valence-electron chi connectivity index (χ3n) is 2.47. The van der Waals surface area contributed by atoms with E-state index in [0.717, 1.165) is 10.6 Å². The number of imidazole rings is 1. The summed E-state index contributed by atoms with van der Waals surface area (Å²) in [7, 11) is 0. The van der Waals surface area contributed by atoms with Crippen molar-refractivity contribution in [2.45, 2.75) is 6.92 Å². The number of hydrogen-bond donors (Lipinski definition) is 1. The van der Waals surface area contributed by atoms with Gasteiger partial charge in [-0.05, 0) is 19.1 Å². The number of thiazole rings is 1. The average Bonchev–Trinajstić information content (AvgIpc) is 2.91. The molecule has 0 radical (unpaired) electrons. The maximum absolute atomic E-state index is 10.9.